The first kappa shape index (κ1) is 18.4. The molecule has 1 aliphatic rings. The highest BCUT2D eigenvalue weighted by Crippen LogP contribution is 2.29. The van der Waals surface area contributed by atoms with E-state index in [1.54, 1.807) is 18.2 Å². The monoisotopic (exact) mass is 365 g/mol. The van der Waals surface area contributed by atoms with Crippen molar-refractivity contribution in [3.05, 3.63) is 70.3 Å². The van der Waals surface area contributed by atoms with E-state index in [2.05, 4.69) is 0 Å². The highest BCUT2D eigenvalue weighted by Gasteiger charge is 2.30. The molecule has 7 heteroatoms. The third kappa shape index (κ3) is 4.23. The average molecular weight is 365 g/mol. The minimum atomic E-state index is -4.37. The highest BCUT2D eigenvalue weighted by atomic mass is 19.4. The number of β-amino-alcohol motifs (C(OH)–C–C–N with tert-alkyl or cyclic N) is 1. The van der Waals surface area contributed by atoms with Gasteiger partial charge < -0.3 is 10.2 Å². The fraction of sp³-hybridized carbons (Fsp3) is 0.316. The second-order valence-electron chi connectivity index (χ2n) is 6.51. The summed E-state index contributed by atoms with van der Waals surface area (Å²) in [7, 11) is 0. The topological polar surface area (TPSA) is 60.8 Å². The van der Waals surface area contributed by atoms with Crippen molar-refractivity contribution in [2.24, 2.45) is 0 Å². The molecule has 26 heavy (non-hydrogen) atoms. The second kappa shape index (κ2) is 7.09. The number of benzene rings is 2. The number of halogens is 3. The van der Waals surface area contributed by atoms with Crippen LogP contribution in [0.15, 0.2) is 42.5 Å². The van der Waals surface area contributed by atoms with Crippen molar-refractivity contribution in [2.45, 2.75) is 31.8 Å². The molecule has 1 unspecified atom stereocenters. The van der Waals surface area contributed by atoms with E-state index in [1.165, 1.54) is 12.1 Å². The van der Waals surface area contributed by atoms with Crippen LogP contribution in [0.25, 0.3) is 0 Å². The molecule has 0 amide bonds. The number of carbonyl (C=O) groups is 1. The summed E-state index contributed by atoms with van der Waals surface area (Å²) in [5.74, 6) is -0.978. The first-order valence-electron chi connectivity index (χ1n) is 8.14. The standard InChI is InChI=1S/C19H18F3NO3/c20-19(21,22)16-5-1-12(2-6-16)7-17(24)11-23-9-14-4-3-13(18(25)26)8-15(14)10-23/h1-6,8,17,24H,7,9-11H2,(H,25,26). The summed E-state index contributed by atoms with van der Waals surface area (Å²) in [5.41, 5.74) is 2.11. The lowest BCUT2D eigenvalue weighted by atomic mass is 10.1. The third-order valence-electron chi connectivity index (χ3n) is 4.46. The van der Waals surface area contributed by atoms with Gasteiger partial charge in [-0.1, -0.05) is 18.2 Å². The predicted octanol–water partition coefficient (Wildman–Crippen LogP) is 3.32. The first-order valence-corrected chi connectivity index (χ1v) is 8.14. The molecule has 0 radical (unpaired) electrons. The average Bonchev–Trinajstić information content (AvgIpc) is 2.95. The number of alkyl halides is 3. The molecule has 3 rings (SSSR count). The maximum absolute atomic E-state index is 12.6. The van der Waals surface area contributed by atoms with Gasteiger partial charge in [-0.3, -0.25) is 4.90 Å². The minimum absolute atomic E-state index is 0.232. The van der Waals surface area contributed by atoms with Gasteiger partial charge in [0.2, 0.25) is 0 Å². The van der Waals surface area contributed by atoms with Crippen LogP contribution in [-0.2, 0) is 25.7 Å². The van der Waals surface area contributed by atoms with Crippen molar-refractivity contribution in [3.8, 4) is 0 Å². The Labute approximate surface area is 148 Å². The number of aliphatic hydroxyl groups is 1. The van der Waals surface area contributed by atoms with E-state index in [-0.39, 0.29) is 12.0 Å². The summed E-state index contributed by atoms with van der Waals surface area (Å²) in [5, 5.41) is 19.3. The molecule has 0 spiro atoms. The molecular weight excluding hydrogens is 347 g/mol. The van der Waals surface area contributed by atoms with Gasteiger partial charge in [-0.2, -0.15) is 13.2 Å². The number of carboxylic acid groups (broad SMARTS) is 1. The Hall–Kier alpha value is -2.38. The number of aromatic carboxylic acids is 1. The number of aliphatic hydroxyl groups excluding tert-OH is 1. The Balaban J connectivity index is 1.57. The summed E-state index contributed by atoms with van der Waals surface area (Å²) in [6.45, 7) is 1.51. The van der Waals surface area contributed by atoms with Gasteiger partial charge in [0, 0.05) is 19.6 Å². The van der Waals surface area contributed by atoms with Crippen LogP contribution >= 0.6 is 0 Å². The quantitative estimate of drug-likeness (QED) is 0.853. The Kier molecular flexibility index (Phi) is 5.02. The van der Waals surface area contributed by atoms with E-state index in [9.17, 15) is 23.1 Å². The molecule has 2 aromatic rings. The molecule has 0 aliphatic carbocycles. The normalized spacial score (nSPS) is 15.7. The molecule has 0 aromatic heterocycles. The molecule has 2 N–H and O–H groups in total. The zero-order chi connectivity index (χ0) is 18.9. The Morgan fingerprint density at radius 3 is 2.35 bits per heavy atom. The van der Waals surface area contributed by atoms with E-state index in [0.29, 0.717) is 25.2 Å². The molecule has 138 valence electrons. The molecule has 1 heterocycles. The zero-order valence-corrected chi connectivity index (χ0v) is 13.8. The summed E-state index contributed by atoms with van der Waals surface area (Å²) < 4.78 is 37.7. The van der Waals surface area contributed by atoms with Gasteiger partial charge in [-0.15, -0.1) is 0 Å². The van der Waals surface area contributed by atoms with Crippen LogP contribution in [0.5, 0.6) is 0 Å². The van der Waals surface area contributed by atoms with Gasteiger partial charge in [-0.05, 0) is 47.4 Å². The van der Waals surface area contributed by atoms with E-state index >= 15 is 0 Å². The molecule has 0 saturated carbocycles. The van der Waals surface area contributed by atoms with Crippen LogP contribution in [0.2, 0.25) is 0 Å². The minimum Gasteiger partial charge on any atom is -0.478 e. The molecule has 0 fully saturated rings. The van der Waals surface area contributed by atoms with Crippen LogP contribution in [0.3, 0.4) is 0 Å². The van der Waals surface area contributed by atoms with Crippen molar-refractivity contribution in [2.75, 3.05) is 6.54 Å². The smallest absolute Gasteiger partial charge is 0.416 e. The van der Waals surface area contributed by atoms with E-state index in [0.717, 1.165) is 23.3 Å². The Morgan fingerprint density at radius 1 is 1.08 bits per heavy atom. The molecule has 0 bridgehead atoms. The zero-order valence-electron chi connectivity index (χ0n) is 13.8. The lowest BCUT2D eigenvalue weighted by molar-refractivity contribution is -0.137. The molecule has 4 nitrogen and oxygen atoms in total. The molecule has 0 saturated heterocycles. The molecule has 1 atom stereocenters. The van der Waals surface area contributed by atoms with E-state index in [4.69, 9.17) is 5.11 Å². The maximum atomic E-state index is 12.6. The molecule has 2 aromatic carbocycles. The predicted molar refractivity (Wildman–Crippen MR) is 88.7 cm³/mol. The van der Waals surface area contributed by atoms with Crippen molar-refractivity contribution >= 4 is 5.97 Å². The number of hydrogen-bond acceptors (Lipinski definition) is 3. The third-order valence-corrected chi connectivity index (χ3v) is 4.46. The summed E-state index contributed by atoms with van der Waals surface area (Å²) in [6, 6.07) is 9.76. The summed E-state index contributed by atoms with van der Waals surface area (Å²) >= 11 is 0. The van der Waals surface area contributed by atoms with Crippen LogP contribution in [-0.4, -0.2) is 33.7 Å². The number of nitrogens with zero attached hydrogens (tertiary/aromatic N) is 1. The lowest BCUT2D eigenvalue weighted by Gasteiger charge is -2.19. The first-order chi connectivity index (χ1) is 12.2. The van der Waals surface area contributed by atoms with Gasteiger partial charge >= 0.3 is 12.1 Å². The number of carboxylic acids is 1. The number of rotatable bonds is 5. The van der Waals surface area contributed by atoms with Crippen molar-refractivity contribution < 1.29 is 28.2 Å². The lowest BCUT2D eigenvalue weighted by Crippen LogP contribution is -2.29. The Morgan fingerprint density at radius 2 is 1.73 bits per heavy atom. The number of fused-ring (bicyclic) bond motifs is 1. The Bertz CT molecular complexity index is 803. The largest absolute Gasteiger partial charge is 0.478 e. The second-order valence-corrected chi connectivity index (χ2v) is 6.51. The molecular formula is C19H18F3NO3. The molecule has 1 aliphatic heterocycles. The number of hydrogen-bond donors (Lipinski definition) is 2. The van der Waals surface area contributed by atoms with Crippen LogP contribution < -0.4 is 0 Å². The van der Waals surface area contributed by atoms with Crippen LogP contribution in [0.4, 0.5) is 13.2 Å². The van der Waals surface area contributed by atoms with Crippen LogP contribution in [0, 0.1) is 0 Å². The van der Waals surface area contributed by atoms with Crippen molar-refractivity contribution in [1.29, 1.82) is 0 Å². The van der Waals surface area contributed by atoms with Gasteiger partial charge in [0.05, 0.1) is 17.2 Å². The fourth-order valence-electron chi connectivity index (χ4n) is 3.19. The van der Waals surface area contributed by atoms with Gasteiger partial charge in [0.15, 0.2) is 0 Å². The maximum Gasteiger partial charge on any atom is 0.416 e. The van der Waals surface area contributed by atoms with E-state index in [1.807, 2.05) is 4.90 Å². The highest BCUT2D eigenvalue weighted by molar-refractivity contribution is 5.87. The van der Waals surface area contributed by atoms with E-state index < -0.39 is 23.8 Å². The van der Waals surface area contributed by atoms with Crippen molar-refractivity contribution in [3.63, 3.8) is 0 Å². The van der Waals surface area contributed by atoms with Gasteiger partial charge in [0.1, 0.15) is 0 Å². The van der Waals surface area contributed by atoms with Gasteiger partial charge in [0.25, 0.3) is 0 Å². The fourth-order valence-corrected chi connectivity index (χ4v) is 3.19. The summed E-state index contributed by atoms with van der Waals surface area (Å²) in [6.07, 6.45) is -4.83. The van der Waals surface area contributed by atoms with Gasteiger partial charge in [-0.25, -0.2) is 4.79 Å². The summed E-state index contributed by atoms with van der Waals surface area (Å²) in [4.78, 5) is 13.0. The SMILES string of the molecule is O=C(O)c1ccc2c(c1)CN(CC(O)Cc1ccc(C(F)(F)F)cc1)C2. The van der Waals surface area contributed by atoms with Crippen LogP contribution in [0.1, 0.15) is 32.6 Å². The van der Waals surface area contributed by atoms with Crippen molar-refractivity contribution in [1.82, 2.24) is 4.90 Å².